The SMILES string of the molecule is CCCCCCCCOCCCS(=O)(=O)Nc1ccc(C)cc1. The molecule has 132 valence electrons. The molecule has 0 aromatic heterocycles. The Balaban J connectivity index is 2.06. The smallest absolute Gasteiger partial charge is 0.232 e. The minimum absolute atomic E-state index is 0.0946. The Hall–Kier alpha value is -1.07. The Morgan fingerprint density at radius 2 is 1.52 bits per heavy atom. The van der Waals surface area contributed by atoms with Crippen molar-refractivity contribution in [2.75, 3.05) is 23.7 Å². The maximum atomic E-state index is 12.0. The van der Waals surface area contributed by atoms with E-state index in [1.807, 2.05) is 19.1 Å². The van der Waals surface area contributed by atoms with Crippen molar-refractivity contribution in [2.24, 2.45) is 0 Å². The molecule has 0 saturated heterocycles. The van der Waals surface area contributed by atoms with Gasteiger partial charge < -0.3 is 4.74 Å². The quantitative estimate of drug-likeness (QED) is 0.537. The van der Waals surface area contributed by atoms with Gasteiger partial charge in [-0.3, -0.25) is 4.72 Å². The van der Waals surface area contributed by atoms with E-state index in [1.165, 1.54) is 32.1 Å². The fraction of sp³-hybridized carbons (Fsp3) is 0.667. The minimum Gasteiger partial charge on any atom is -0.381 e. The maximum Gasteiger partial charge on any atom is 0.232 e. The van der Waals surface area contributed by atoms with E-state index in [4.69, 9.17) is 4.74 Å². The van der Waals surface area contributed by atoms with Crippen molar-refractivity contribution < 1.29 is 13.2 Å². The first-order valence-corrected chi connectivity index (χ1v) is 10.3. The first-order valence-electron chi connectivity index (χ1n) is 8.68. The van der Waals surface area contributed by atoms with E-state index in [0.29, 0.717) is 18.7 Å². The first kappa shape index (κ1) is 20.0. The van der Waals surface area contributed by atoms with Crippen LogP contribution in [0, 0.1) is 6.92 Å². The van der Waals surface area contributed by atoms with E-state index in [0.717, 1.165) is 18.6 Å². The standard InChI is InChI=1S/C18H31NO3S/c1-3-4-5-6-7-8-14-22-15-9-16-23(20,21)19-18-12-10-17(2)11-13-18/h10-13,19H,3-9,14-16H2,1-2H3. The number of benzene rings is 1. The van der Waals surface area contributed by atoms with Crippen LogP contribution in [0.4, 0.5) is 5.69 Å². The largest absolute Gasteiger partial charge is 0.381 e. The minimum atomic E-state index is -3.29. The summed E-state index contributed by atoms with van der Waals surface area (Å²) in [5.41, 5.74) is 1.72. The predicted molar refractivity (Wildman–Crippen MR) is 97.4 cm³/mol. The monoisotopic (exact) mass is 341 g/mol. The van der Waals surface area contributed by atoms with Crippen molar-refractivity contribution >= 4 is 15.7 Å². The average molecular weight is 342 g/mol. The molecule has 0 fully saturated rings. The molecule has 0 bridgehead atoms. The third-order valence-corrected chi connectivity index (χ3v) is 5.04. The fourth-order valence-electron chi connectivity index (χ4n) is 2.29. The van der Waals surface area contributed by atoms with Crippen LogP contribution in [0.3, 0.4) is 0 Å². The topological polar surface area (TPSA) is 55.4 Å². The summed E-state index contributed by atoms with van der Waals surface area (Å²) in [6, 6.07) is 7.34. The van der Waals surface area contributed by atoms with Gasteiger partial charge in [-0.15, -0.1) is 0 Å². The second kappa shape index (κ2) is 11.5. The number of ether oxygens (including phenoxy) is 1. The molecule has 5 heteroatoms. The van der Waals surface area contributed by atoms with Gasteiger partial charge in [-0.05, 0) is 31.9 Å². The molecule has 0 unspecified atom stereocenters. The summed E-state index contributed by atoms with van der Waals surface area (Å²) in [4.78, 5) is 0. The van der Waals surface area contributed by atoms with Gasteiger partial charge in [0.1, 0.15) is 0 Å². The zero-order chi connectivity index (χ0) is 17.0. The molecule has 0 heterocycles. The first-order chi connectivity index (χ1) is 11.0. The van der Waals surface area contributed by atoms with Gasteiger partial charge in [-0.2, -0.15) is 0 Å². The summed E-state index contributed by atoms with van der Waals surface area (Å²) in [5.74, 6) is 0.0946. The van der Waals surface area contributed by atoms with Crippen LogP contribution in [0.5, 0.6) is 0 Å². The number of unbranched alkanes of at least 4 members (excludes halogenated alkanes) is 5. The second-order valence-corrected chi connectivity index (χ2v) is 7.86. The molecular weight excluding hydrogens is 310 g/mol. The summed E-state index contributed by atoms with van der Waals surface area (Å²) in [6.45, 7) is 5.42. The lowest BCUT2D eigenvalue weighted by Crippen LogP contribution is -2.18. The van der Waals surface area contributed by atoms with E-state index >= 15 is 0 Å². The molecule has 1 N–H and O–H groups in total. The Labute approximate surface area is 141 Å². The molecule has 0 aliphatic rings. The van der Waals surface area contributed by atoms with Gasteiger partial charge >= 0.3 is 0 Å². The Morgan fingerprint density at radius 3 is 2.22 bits per heavy atom. The number of sulfonamides is 1. The van der Waals surface area contributed by atoms with Crippen LogP contribution in [-0.4, -0.2) is 27.4 Å². The zero-order valence-corrected chi connectivity index (χ0v) is 15.3. The third-order valence-electron chi connectivity index (χ3n) is 3.67. The van der Waals surface area contributed by atoms with Gasteiger partial charge in [0.25, 0.3) is 0 Å². The van der Waals surface area contributed by atoms with E-state index in [1.54, 1.807) is 12.1 Å². The van der Waals surface area contributed by atoms with Crippen molar-refractivity contribution in [1.29, 1.82) is 0 Å². The molecule has 4 nitrogen and oxygen atoms in total. The van der Waals surface area contributed by atoms with E-state index in [2.05, 4.69) is 11.6 Å². The van der Waals surface area contributed by atoms with Crippen molar-refractivity contribution in [3.63, 3.8) is 0 Å². The molecule has 1 aromatic carbocycles. The maximum absolute atomic E-state index is 12.0. The zero-order valence-electron chi connectivity index (χ0n) is 14.5. The summed E-state index contributed by atoms with van der Waals surface area (Å²) in [5, 5.41) is 0. The lowest BCUT2D eigenvalue weighted by Gasteiger charge is -2.08. The van der Waals surface area contributed by atoms with Gasteiger partial charge in [0.2, 0.25) is 10.0 Å². The Morgan fingerprint density at radius 1 is 0.913 bits per heavy atom. The number of hydrogen-bond donors (Lipinski definition) is 1. The molecule has 0 radical (unpaired) electrons. The molecule has 23 heavy (non-hydrogen) atoms. The highest BCUT2D eigenvalue weighted by atomic mass is 32.2. The van der Waals surface area contributed by atoms with Crippen molar-refractivity contribution in [2.45, 2.75) is 58.8 Å². The highest BCUT2D eigenvalue weighted by molar-refractivity contribution is 7.92. The molecule has 0 atom stereocenters. The third kappa shape index (κ3) is 10.3. The highest BCUT2D eigenvalue weighted by Crippen LogP contribution is 2.11. The molecule has 0 spiro atoms. The fourth-order valence-corrected chi connectivity index (χ4v) is 3.38. The molecule has 0 amide bonds. The normalized spacial score (nSPS) is 11.6. The second-order valence-electron chi connectivity index (χ2n) is 6.02. The molecule has 0 aliphatic carbocycles. The number of rotatable bonds is 13. The van der Waals surface area contributed by atoms with Gasteiger partial charge in [-0.25, -0.2) is 8.42 Å². The van der Waals surface area contributed by atoms with Crippen LogP contribution in [-0.2, 0) is 14.8 Å². The molecule has 0 saturated carbocycles. The van der Waals surface area contributed by atoms with Crippen LogP contribution >= 0.6 is 0 Å². The molecule has 0 aliphatic heterocycles. The van der Waals surface area contributed by atoms with E-state index in [9.17, 15) is 8.42 Å². The number of anilines is 1. The predicted octanol–water partition coefficient (Wildman–Crippen LogP) is 4.50. The van der Waals surface area contributed by atoms with Crippen LogP contribution < -0.4 is 4.72 Å². The molecular formula is C18H31NO3S. The van der Waals surface area contributed by atoms with Crippen LogP contribution in [0.15, 0.2) is 24.3 Å². The highest BCUT2D eigenvalue weighted by Gasteiger charge is 2.09. The number of nitrogens with one attached hydrogen (secondary N) is 1. The summed E-state index contributed by atoms with van der Waals surface area (Å²) in [7, 11) is -3.29. The summed E-state index contributed by atoms with van der Waals surface area (Å²) < 4.78 is 32.0. The van der Waals surface area contributed by atoms with E-state index in [-0.39, 0.29) is 5.75 Å². The molecule has 1 rings (SSSR count). The Bertz CT molecular complexity index is 512. The van der Waals surface area contributed by atoms with Gasteiger partial charge in [0.15, 0.2) is 0 Å². The average Bonchev–Trinajstić information content (AvgIpc) is 2.51. The van der Waals surface area contributed by atoms with Crippen LogP contribution in [0.2, 0.25) is 0 Å². The van der Waals surface area contributed by atoms with Crippen LogP contribution in [0.1, 0.15) is 57.4 Å². The van der Waals surface area contributed by atoms with Crippen molar-refractivity contribution in [3.8, 4) is 0 Å². The molecule has 1 aromatic rings. The van der Waals surface area contributed by atoms with E-state index < -0.39 is 10.0 Å². The summed E-state index contributed by atoms with van der Waals surface area (Å²) >= 11 is 0. The van der Waals surface area contributed by atoms with Gasteiger partial charge in [0.05, 0.1) is 5.75 Å². The Kier molecular flexibility index (Phi) is 9.96. The summed E-state index contributed by atoms with van der Waals surface area (Å²) in [6.07, 6.45) is 7.95. The van der Waals surface area contributed by atoms with Crippen LogP contribution in [0.25, 0.3) is 0 Å². The lowest BCUT2D eigenvalue weighted by atomic mass is 10.1. The van der Waals surface area contributed by atoms with Gasteiger partial charge in [0, 0.05) is 18.9 Å². The van der Waals surface area contributed by atoms with Crippen molar-refractivity contribution in [3.05, 3.63) is 29.8 Å². The number of hydrogen-bond acceptors (Lipinski definition) is 3. The number of aryl methyl sites for hydroxylation is 1. The van der Waals surface area contributed by atoms with Gasteiger partial charge in [-0.1, -0.05) is 56.7 Å². The van der Waals surface area contributed by atoms with Crippen molar-refractivity contribution in [1.82, 2.24) is 0 Å². The lowest BCUT2D eigenvalue weighted by molar-refractivity contribution is 0.131.